The fourth-order valence-electron chi connectivity index (χ4n) is 8.34. The number of carboxylic acids is 2. The van der Waals surface area contributed by atoms with E-state index in [1.807, 2.05) is 0 Å². The topological polar surface area (TPSA) is 376 Å². The first kappa shape index (κ1) is 64.1. The number of unbranched alkanes of at least 4 members (excludes halogenated alkanes) is 14. The first-order chi connectivity index (χ1) is 34.1. The Morgan fingerprint density at radius 2 is 1.07 bits per heavy atom. The van der Waals surface area contributed by atoms with Crippen LogP contribution in [0.5, 0.6) is 0 Å². The number of hydrogen-bond donors (Lipinski definition) is 11. The summed E-state index contributed by atoms with van der Waals surface area (Å²) < 4.78 is 0. The van der Waals surface area contributed by atoms with Crippen molar-refractivity contribution in [3.8, 4) is 0 Å². The zero-order chi connectivity index (χ0) is 54.2. The predicted octanol–water partition coefficient (Wildman–Crippen LogP) is 1.30. The third-order valence-corrected chi connectivity index (χ3v) is 12.3. The molecule has 410 valence electrons. The number of aliphatic hydroxyl groups is 1. The Morgan fingerprint density at radius 3 is 1.54 bits per heavy atom. The van der Waals surface area contributed by atoms with Gasteiger partial charge in [0.05, 0.1) is 19.1 Å². The van der Waals surface area contributed by atoms with E-state index in [4.69, 9.17) is 11.5 Å². The second-order valence-corrected chi connectivity index (χ2v) is 19.3. The van der Waals surface area contributed by atoms with Crippen molar-refractivity contribution in [2.45, 2.75) is 224 Å². The summed E-state index contributed by atoms with van der Waals surface area (Å²) >= 11 is 0. The molecule has 0 radical (unpaired) electrons. The quantitative estimate of drug-likeness (QED) is 0.0386. The van der Waals surface area contributed by atoms with E-state index in [1.54, 1.807) is 13.8 Å². The van der Waals surface area contributed by atoms with Gasteiger partial charge in [0.15, 0.2) is 0 Å². The van der Waals surface area contributed by atoms with Gasteiger partial charge in [0.1, 0.15) is 36.3 Å². The molecule has 1 heterocycles. The molecule has 0 aromatic rings. The molecule has 0 aromatic carbocycles. The number of nitrogens with zero attached hydrogens (tertiary/aromatic N) is 1. The van der Waals surface area contributed by atoms with Gasteiger partial charge >= 0.3 is 11.9 Å². The molecule has 72 heavy (non-hydrogen) atoms. The number of carbonyl (C=O) groups excluding carboxylic acids is 9. The van der Waals surface area contributed by atoms with Gasteiger partial charge in [0.25, 0.3) is 0 Å². The molecule has 1 fully saturated rings. The Balaban J connectivity index is 2.91. The molecule has 0 aliphatic carbocycles. The third-order valence-electron chi connectivity index (χ3n) is 12.3. The number of aliphatic hydroxyl groups excluding tert-OH is 1. The maximum absolute atomic E-state index is 13.8. The Morgan fingerprint density at radius 1 is 0.583 bits per heavy atom. The van der Waals surface area contributed by atoms with Gasteiger partial charge in [-0.15, -0.1) is 0 Å². The highest BCUT2D eigenvalue weighted by Gasteiger charge is 2.40. The number of carboxylic acid groups (broad SMARTS) is 2. The minimum atomic E-state index is -1.79. The SMILES string of the molecule is CCCCCCCCCCCCCCCCCC(=O)N[C@@H](CC(N)=O)C(=O)N1CCC[C@H]1C(=O)N[C@@H](CCC(=O)O)C(=O)N[C@H](C(=O)NCC(=O)N[C@@H](CCC(=O)O)C(=O)N[C@@H](CC(C)C)C(N)=O)[C@@H](C)O. The predicted molar refractivity (Wildman–Crippen MR) is 265 cm³/mol. The second kappa shape index (κ2) is 36.1. The van der Waals surface area contributed by atoms with Crippen LogP contribution in [0.1, 0.15) is 182 Å². The zero-order valence-corrected chi connectivity index (χ0v) is 42.9. The van der Waals surface area contributed by atoms with Gasteiger partial charge in [0, 0.05) is 25.8 Å². The molecule has 0 unspecified atom stereocenters. The van der Waals surface area contributed by atoms with E-state index in [2.05, 4.69) is 38.8 Å². The van der Waals surface area contributed by atoms with E-state index in [1.165, 1.54) is 64.2 Å². The molecule has 23 heteroatoms. The van der Waals surface area contributed by atoms with Crippen LogP contribution in [0.2, 0.25) is 0 Å². The summed E-state index contributed by atoms with van der Waals surface area (Å²) in [5.41, 5.74) is 10.8. The largest absolute Gasteiger partial charge is 0.481 e. The molecular weight excluding hydrogens is 939 g/mol. The molecule has 1 aliphatic heterocycles. The third kappa shape index (κ3) is 27.7. The normalized spacial score (nSPS) is 15.8. The van der Waals surface area contributed by atoms with Crippen LogP contribution < -0.4 is 43.4 Å². The molecule has 0 bridgehead atoms. The molecule has 1 aliphatic rings. The summed E-state index contributed by atoms with van der Waals surface area (Å²) in [5.74, 6) is -10.7. The molecule has 0 saturated carbocycles. The van der Waals surface area contributed by atoms with Crippen LogP contribution in [0.3, 0.4) is 0 Å². The van der Waals surface area contributed by atoms with Crippen LogP contribution in [-0.4, -0.2) is 141 Å². The Hall–Kier alpha value is -5.87. The van der Waals surface area contributed by atoms with Crippen molar-refractivity contribution in [2.24, 2.45) is 17.4 Å². The van der Waals surface area contributed by atoms with Crippen LogP contribution in [0.15, 0.2) is 0 Å². The van der Waals surface area contributed by atoms with E-state index in [-0.39, 0.29) is 31.7 Å². The summed E-state index contributed by atoms with van der Waals surface area (Å²) in [6.07, 6.45) is 13.7. The van der Waals surface area contributed by atoms with E-state index in [0.29, 0.717) is 12.8 Å². The van der Waals surface area contributed by atoms with Gasteiger partial charge in [-0.3, -0.25) is 52.7 Å². The molecule has 9 amide bonds. The van der Waals surface area contributed by atoms with Crippen molar-refractivity contribution in [3.63, 3.8) is 0 Å². The lowest BCUT2D eigenvalue weighted by Crippen LogP contribution is -2.60. The van der Waals surface area contributed by atoms with Gasteiger partial charge in [-0.25, -0.2) is 0 Å². The Kier molecular flexibility index (Phi) is 32.2. The number of amides is 9. The smallest absolute Gasteiger partial charge is 0.303 e. The maximum atomic E-state index is 13.8. The van der Waals surface area contributed by atoms with Gasteiger partial charge in [-0.05, 0) is 51.4 Å². The maximum Gasteiger partial charge on any atom is 0.303 e. The molecule has 0 spiro atoms. The minimum Gasteiger partial charge on any atom is -0.481 e. The summed E-state index contributed by atoms with van der Waals surface area (Å²) in [6, 6.07) is -8.61. The number of aliphatic carboxylic acids is 2. The minimum absolute atomic E-state index is 0.0436. The fraction of sp³-hybridized carbons (Fsp3) is 0.776. The summed E-state index contributed by atoms with van der Waals surface area (Å²) in [6.45, 7) is 6.08. The molecule has 13 N–H and O–H groups in total. The van der Waals surface area contributed by atoms with Crippen molar-refractivity contribution >= 4 is 65.1 Å². The molecule has 23 nitrogen and oxygen atoms in total. The first-order valence-electron chi connectivity index (χ1n) is 25.8. The van der Waals surface area contributed by atoms with Crippen LogP contribution in [0.25, 0.3) is 0 Å². The molecule has 1 saturated heterocycles. The monoisotopic (exact) mass is 1020 g/mol. The van der Waals surface area contributed by atoms with E-state index in [9.17, 15) is 68.1 Å². The van der Waals surface area contributed by atoms with Gasteiger partial charge in [-0.2, -0.15) is 0 Å². The highest BCUT2D eigenvalue weighted by atomic mass is 16.4. The summed E-state index contributed by atoms with van der Waals surface area (Å²) in [5, 5.41) is 43.3. The lowest BCUT2D eigenvalue weighted by molar-refractivity contribution is -0.143. The number of nitrogens with two attached hydrogens (primary N) is 2. The highest BCUT2D eigenvalue weighted by molar-refractivity contribution is 5.98. The van der Waals surface area contributed by atoms with Crippen LogP contribution in [-0.2, 0) is 52.7 Å². The average Bonchev–Trinajstić information content (AvgIpc) is 3.80. The summed E-state index contributed by atoms with van der Waals surface area (Å²) in [4.78, 5) is 141. The molecule has 0 aromatic heterocycles. The van der Waals surface area contributed by atoms with Crippen molar-refractivity contribution < 1.29 is 68.1 Å². The second-order valence-electron chi connectivity index (χ2n) is 19.3. The first-order valence-corrected chi connectivity index (χ1v) is 25.8. The van der Waals surface area contributed by atoms with E-state index >= 15 is 0 Å². The van der Waals surface area contributed by atoms with Crippen molar-refractivity contribution in [1.29, 1.82) is 0 Å². The lowest BCUT2D eigenvalue weighted by Gasteiger charge is -2.30. The lowest BCUT2D eigenvalue weighted by atomic mass is 10.0. The van der Waals surface area contributed by atoms with Crippen LogP contribution >= 0.6 is 0 Å². The van der Waals surface area contributed by atoms with Crippen molar-refractivity contribution in [1.82, 2.24) is 36.8 Å². The van der Waals surface area contributed by atoms with Crippen LogP contribution in [0.4, 0.5) is 0 Å². The summed E-state index contributed by atoms with van der Waals surface area (Å²) in [7, 11) is 0. The Labute approximate surface area is 423 Å². The average molecular weight is 1020 g/mol. The highest BCUT2D eigenvalue weighted by Crippen LogP contribution is 2.21. The standard InChI is InChI=1S/C49H85N9O14/c1-5-6-7-8-9-10-11-12-13-14-15-16-17-18-19-22-39(61)54-36(29-38(50)60)49(72)58-27-20-21-37(58)47(70)55-34(24-26-42(65)66)46(69)57-43(32(4)59)48(71)52-30-40(62)53-33(23-25-41(63)64)45(68)56-35(44(51)67)28-31(2)3/h31-37,43,59H,5-30H2,1-4H3,(H2,50,60)(H2,51,67)(H,52,71)(H,53,62)(H,54,61)(H,55,70)(H,56,68)(H,57,69)(H,63,64)(H,65,66)/t32-,33+,34+,35+,36+,37+,43+/m1/s1. The number of rotatable bonds is 40. The molecule has 7 atom stereocenters. The van der Waals surface area contributed by atoms with E-state index in [0.717, 1.165) is 37.5 Å². The van der Waals surface area contributed by atoms with Crippen molar-refractivity contribution in [3.05, 3.63) is 0 Å². The van der Waals surface area contributed by atoms with Crippen LogP contribution in [0, 0.1) is 5.92 Å². The van der Waals surface area contributed by atoms with Gasteiger partial charge in [0.2, 0.25) is 53.2 Å². The zero-order valence-electron chi connectivity index (χ0n) is 42.9. The Bertz CT molecular complexity index is 1780. The number of carbonyl (C=O) groups is 11. The number of hydrogen-bond acceptors (Lipinski definition) is 12. The van der Waals surface area contributed by atoms with E-state index < -0.39 is 146 Å². The molecule has 1 rings (SSSR count). The number of likely N-dealkylation sites (tertiary alicyclic amines) is 1. The molecular formula is C49H85N9O14. The fourth-order valence-corrected chi connectivity index (χ4v) is 8.34. The van der Waals surface area contributed by atoms with Crippen molar-refractivity contribution in [2.75, 3.05) is 13.1 Å². The van der Waals surface area contributed by atoms with Gasteiger partial charge < -0.3 is 63.6 Å². The van der Waals surface area contributed by atoms with Gasteiger partial charge in [-0.1, -0.05) is 111 Å². The number of nitrogens with one attached hydrogen (secondary N) is 6. The number of primary amides is 2.